The fraction of sp³-hybridized carbons (Fsp3) is 0.263. The van der Waals surface area contributed by atoms with Gasteiger partial charge in [0, 0.05) is 10.7 Å². The Morgan fingerprint density at radius 2 is 1.68 bits per heavy atom. The molecule has 9 heteroatoms. The standard InChI is InChI=1S/C19H21ClN2O5S/c1-4-17(22(28(3,25)26)16-11-7-14(20)8-12-16)18(23)21-15-9-5-13(6-10-15)19(24)27-2/h5-12,17H,4H2,1-3H3,(H,21,23). The molecule has 1 atom stereocenters. The third kappa shape index (κ3) is 5.24. The molecule has 0 bridgehead atoms. The summed E-state index contributed by atoms with van der Waals surface area (Å²) < 4.78 is 30.5. The number of rotatable bonds is 7. The number of carbonyl (C=O) groups is 2. The van der Waals surface area contributed by atoms with E-state index in [9.17, 15) is 18.0 Å². The zero-order valence-corrected chi connectivity index (χ0v) is 17.3. The Hall–Kier alpha value is -2.58. The molecule has 0 aliphatic rings. The molecule has 0 saturated carbocycles. The van der Waals surface area contributed by atoms with Crippen LogP contribution in [0.2, 0.25) is 5.02 Å². The van der Waals surface area contributed by atoms with Crippen LogP contribution in [0.1, 0.15) is 23.7 Å². The van der Waals surface area contributed by atoms with Gasteiger partial charge in [-0.1, -0.05) is 18.5 Å². The minimum Gasteiger partial charge on any atom is -0.465 e. The van der Waals surface area contributed by atoms with Crippen LogP contribution >= 0.6 is 11.6 Å². The monoisotopic (exact) mass is 424 g/mol. The van der Waals surface area contributed by atoms with Crippen molar-refractivity contribution in [1.29, 1.82) is 0 Å². The number of hydrogen-bond acceptors (Lipinski definition) is 5. The van der Waals surface area contributed by atoms with Crippen LogP contribution in [0.25, 0.3) is 0 Å². The van der Waals surface area contributed by atoms with Crippen molar-refractivity contribution in [2.75, 3.05) is 23.0 Å². The molecular formula is C19H21ClN2O5S. The lowest BCUT2D eigenvalue weighted by atomic mass is 10.1. The number of nitrogens with one attached hydrogen (secondary N) is 1. The Morgan fingerprint density at radius 1 is 1.11 bits per heavy atom. The first kappa shape index (κ1) is 21.7. The van der Waals surface area contributed by atoms with Gasteiger partial charge in [-0.05, 0) is 55.0 Å². The van der Waals surface area contributed by atoms with Gasteiger partial charge in [-0.15, -0.1) is 0 Å². The Balaban J connectivity index is 2.29. The SMILES string of the molecule is CCC(C(=O)Nc1ccc(C(=O)OC)cc1)N(c1ccc(Cl)cc1)S(C)(=O)=O. The van der Waals surface area contributed by atoms with E-state index in [-0.39, 0.29) is 6.42 Å². The lowest BCUT2D eigenvalue weighted by Gasteiger charge is -2.30. The van der Waals surface area contributed by atoms with Crippen molar-refractivity contribution in [2.24, 2.45) is 0 Å². The molecule has 0 aliphatic carbocycles. The Labute approximate surface area is 169 Å². The first-order valence-corrected chi connectivity index (χ1v) is 10.6. The van der Waals surface area contributed by atoms with Crippen molar-refractivity contribution in [3.63, 3.8) is 0 Å². The Bertz CT molecular complexity index is 943. The maximum Gasteiger partial charge on any atom is 0.337 e. The van der Waals surface area contributed by atoms with Crippen LogP contribution in [-0.4, -0.2) is 39.7 Å². The van der Waals surface area contributed by atoms with Crippen molar-refractivity contribution in [3.8, 4) is 0 Å². The number of ether oxygens (including phenoxy) is 1. The fourth-order valence-corrected chi connectivity index (χ4v) is 4.02. The topological polar surface area (TPSA) is 92.8 Å². The number of sulfonamides is 1. The lowest BCUT2D eigenvalue weighted by molar-refractivity contribution is -0.117. The molecular weight excluding hydrogens is 404 g/mol. The summed E-state index contributed by atoms with van der Waals surface area (Å²) in [4.78, 5) is 24.3. The number of amides is 1. The zero-order valence-electron chi connectivity index (χ0n) is 15.7. The summed E-state index contributed by atoms with van der Waals surface area (Å²) in [6.45, 7) is 1.72. The Kier molecular flexibility index (Phi) is 7.04. The summed E-state index contributed by atoms with van der Waals surface area (Å²) in [5.41, 5.74) is 1.11. The number of anilines is 2. The molecule has 1 N–H and O–H groups in total. The smallest absolute Gasteiger partial charge is 0.337 e. The van der Waals surface area contributed by atoms with Crippen molar-refractivity contribution in [3.05, 3.63) is 59.1 Å². The third-order valence-electron chi connectivity index (χ3n) is 3.98. The van der Waals surface area contributed by atoms with Crippen LogP contribution < -0.4 is 9.62 Å². The zero-order chi connectivity index (χ0) is 20.9. The molecule has 0 heterocycles. The average molecular weight is 425 g/mol. The highest BCUT2D eigenvalue weighted by atomic mass is 35.5. The normalized spacial score (nSPS) is 12.1. The van der Waals surface area contributed by atoms with Gasteiger partial charge in [-0.2, -0.15) is 0 Å². The van der Waals surface area contributed by atoms with E-state index in [1.165, 1.54) is 19.2 Å². The molecule has 150 valence electrons. The van der Waals surface area contributed by atoms with Crippen LogP contribution in [0, 0.1) is 0 Å². The highest BCUT2D eigenvalue weighted by Gasteiger charge is 2.31. The molecule has 0 saturated heterocycles. The van der Waals surface area contributed by atoms with Gasteiger partial charge in [-0.25, -0.2) is 13.2 Å². The summed E-state index contributed by atoms with van der Waals surface area (Å²) in [7, 11) is -2.45. The van der Waals surface area contributed by atoms with Crippen LogP contribution in [0.3, 0.4) is 0 Å². The minimum absolute atomic E-state index is 0.252. The highest BCUT2D eigenvalue weighted by molar-refractivity contribution is 7.92. The number of halogens is 1. The van der Waals surface area contributed by atoms with Gasteiger partial charge in [0.15, 0.2) is 0 Å². The van der Waals surface area contributed by atoms with Crippen LogP contribution in [-0.2, 0) is 19.6 Å². The lowest BCUT2D eigenvalue weighted by Crippen LogP contribution is -2.47. The largest absolute Gasteiger partial charge is 0.465 e. The van der Waals surface area contributed by atoms with Crippen molar-refractivity contribution < 1.29 is 22.7 Å². The molecule has 7 nitrogen and oxygen atoms in total. The van der Waals surface area contributed by atoms with Gasteiger partial charge in [-0.3, -0.25) is 9.10 Å². The third-order valence-corrected chi connectivity index (χ3v) is 5.42. The molecule has 2 aromatic rings. The first-order chi connectivity index (χ1) is 13.2. The number of hydrogen-bond donors (Lipinski definition) is 1. The summed E-state index contributed by atoms with van der Waals surface area (Å²) >= 11 is 5.88. The Morgan fingerprint density at radius 3 is 2.14 bits per heavy atom. The second kappa shape index (κ2) is 9.07. The molecule has 0 aromatic heterocycles. The average Bonchev–Trinajstić information content (AvgIpc) is 2.66. The number of methoxy groups -OCH3 is 1. The summed E-state index contributed by atoms with van der Waals surface area (Å²) in [5, 5.41) is 3.15. The molecule has 1 amide bonds. The van der Waals surface area contributed by atoms with Gasteiger partial charge < -0.3 is 10.1 Å². The highest BCUT2D eigenvalue weighted by Crippen LogP contribution is 2.25. The molecule has 0 radical (unpaired) electrons. The predicted octanol–water partition coefficient (Wildman–Crippen LogP) is 3.31. The molecule has 1 unspecified atom stereocenters. The number of carbonyl (C=O) groups excluding carboxylic acids is 2. The van der Waals surface area contributed by atoms with E-state index in [1.54, 1.807) is 43.3 Å². The van der Waals surface area contributed by atoms with Crippen molar-refractivity contribution in [1.82, 2.24) is 0 Å². The van der Waals surface area contributed by atoms with E-state index >= 15 is 0 Å². The molecule has 0 aliphatic heterocycles. The fourth-order valence-electron chi connectivity index (χ4n) is 2.68. The van der Waals surface area contributed by atoms with Gasteiger partial charge in [0.05, 0.1) is 24.6 Å². The van der Waals surface area contributed by atoms with E-state index in [0.717, 1.165) is 10.6 Å². The van der Waals surface area contributed by atoms with E-state index in [1.807, 2.05) is 0 Å². The number of esters is 1. The van der Waals surface area contributed by atoms with Crippen LogP contribution in [0.15, 0.2) is 48.5 Å². The second-order valence-corrected chi connectivity index (χ2v) is 8.31. The maximum atomic E-state index is 12.8. The molecule has 2 aromatic carbocycles. The summed E-state index contributed by atoms with van der Waals surface area (Å²) in [6.07, 6.45) is 1.30. The summed E-state index contributed by atoms with van der Waals surface area (Å²) in [5.74, 6) is -0.982. The first-order valence-electron chi connectivity index (χ1n) is 8.41. The van der Waals surface area contributed by atoms with E-state index in [2.05, 4.69) is 10.1 Å². The number of benzene rings is 2. The van der Waals surface area contributed by atoms with Crippen LogP contribution in [0.5, 0.6) is 0 Å². The van der Waals surface area contributed by atoms with Gasteiger partial charge >= 0.3 is 5.97 Å². The quantitative estimate of drug-likeness (QED) is 0.688. The van der Waals surface area contributed by atoms with E-state index in [4.69, 9.17) is 11.6 Å². The van der Waals surface area contributed by atoms with Gasteiger partial charge in [0.25, 0.3) is 0 Å². The van der Waals surface area contributed by atoms with E-state index in [0.29, 0.717) is 22.0 Å². The molecule has 2 rings (SSSR count). The molecule has 0 fully saturated rings. The second-order valence-electron chi connectivity index (χ2n) is 6.02. The predicted molar refractivity (Wildman–Crippen MR) is 109 cm³/mol. The van der Waals surface area contributed by atoms with E-state index < -0.39 is 27.9 Å². The van der Waals surface area contributed by atoms with Gasteiger partial charge in [0.2, 0.25) is 15.9 Å². The van der Waals surface area contributed by atoms with Crippen LogP contribution in [0.4, 0.5) is 11.4 Å². The number of nitrogens with zero attached hydrogens (tertiary/aromatic N) is 1. The maximum absolute atomic E-state index is 12.8. The molecule has 28 heavy (non-hydrogen) atoms. The molecule has 0 spiro atoms. The van der Waals surface area contributed by atoms with Crippen molar-refractivity contribution in [2.45, 2.75) is 19.4 Å². The van der Waals surface area contributed by atoms with Crippen molar-refractivity contribution >= 4 is 44.9 Å². The summed E-state index contributed by atoms with van der Waals surface area (Å²) in [6, 6.07) is 11.4. The minimum atomic E-state index is -3.73. The van der Waals surface area contributed by atoms with Gasteiger partial charge in [0.1, 0.15) is 6.04 Å².